The number of carbonyl (C=O) groups excluding carboxylic acids is 1. The zero-order chi connectivity index (χ0) is 14.5. The third-order valence-corrected chi connectivity index (χ3v) is 2.25. The molecule has 0 radical (unpaired) electrons. The van der Waals surface area contributed by atoms with Crippen molar-refractivity contribution < 1.29 is 39.9 Å². The van der Waals surface area contributed by atoms with Crippen LogP contribution in [0.25, 0.3) is 0 Å². The Kier molecular flexibility index (Phi) is 6.91. The molecule has 0 aromatic heterocycles. The lowest BCUT2D eigenvalue weighted by molar-refractivity contribution is -0.248. The van der Waals surface area contributed by atoms with Crippen LogP contribution in [0.2, 0.25) is 0 Å². The van der Waals surface area contributed by atoms with Crippen molar-refractivity contribution >= 4 is 11.8 Å². The molecule has 1 rings (SSSR count). The molecule has 0 aromatic rings. The van der Waals surface area contributed by atoms with Crippen LogP contribution < -0.4 is 5.73 Å². The maximum Gasteiger partial charge on any atom is 0.371 e. The SMILES string of the molecule is CC(=O)C(=O)O.N[C@@H]1[C@@H](O)[C@H](O)[C@@H](CO)O[C@H]1O. The molecule has 1 saturated heterocycles. The fraction of sp³-hybridized carbons (Fsp3) is 0.778. The number of aliphatic hydroxyl groups is 4. The fourth-order valence-corrected chi connectivity index (χ4v) is 1.12. The van der Waals surface area contributed by atoms with Gasteiger partial charge in [0.25, 0.3) is 0 Å². The van der Waals surface area contributed by atoms with Gasteiger partial charge in [0.2, 0.25) is 5.78 Å². The summed E-state index contributed by atoms with van der Waals surface area (Å²) in [5, 5.41) is 43.7. The predicted octanol–water partition coefficient (Wildman–Crippen LogP) is -3.59. The summed E-state index contributed by atoms with van der Waals surface area (Å²) in [5.41, 5.74) is 5.26. The van der Waals surface area contributed by atoms with Gasteiger partial charge in [-0.2, -0.15) is 0 Å². The molecule has 18 heavy (non-hydrogen) atoms. The van der Waals surface area contributed by atoms with Gasteiger partial charge in [0.15, 0.2) is 6.29 Å². The van der Waals surface area contributed by atoms with Crippen molar-refractivity contribution in [1.29, 1.82) is 0 Å². The maximum absolute atomic E-state index is 9.54. The molecule has 0 aliphatic carbocycles. The van der Waals surface area contributed by atoms with Crippen LogP contribution in [0.1, 0.15) is 6.92 Å². The number of rotatable bonds is 2. The average Bonchev–Trinajstić information content (AvgIpc) is 2.31. The van der Waals surface area contributed by atoms with Crippen LogP contribution in [0.15, 0.2) is 0 Å². The second-order valence-electron chi connectivity index (χ2n) is 3.67. The number of nitrogens with two attached hydrogens (primary N) is 1. The second-order valence-corrected chi connectivity index (χ2v) is 3.67. The first-order chi connectivity index (χ1) is 8.22. The molecular weight excluding hydrogens is 250 g/mol. The van der Waals surface area contributed by atoms with E-state index in [0.29, 0.717) is 0 Å². The smallest absolute Gasteiger partial charge is 0.371 e. The Balaban J connectivity index is 0.000000411. The van der Waals surface area contributed by atoms with Crippen molar-refractivity contribution in [2.75, 3.05) is 6.61 Å². The molecule has 0 bridgehead atoms. The number of hydrogen-bond donors (Lipinski definition) is 6. The first-order valence-electron chi connectivity index (χ1n) is 5.02. The number of carbonyl (C=O) groups is 2. The lowest BCUT2D eigenvalue weighted by Gasteiger charge is -2.38. The topological polar surface area (TPSA) is 171 Å². The zero-order valence-electron chi connectivity index (χ0n) is 9.63. The highest BCUT2D eigenvalue weighted by Gasteiger charge is 2.41. The normalized spacial score (nSPS) is 35.3. The summed E-state index contributed by atoms with van der Waals surface area (Å²) < 4.78 is 4.70. The number of carboxylic acids is 1. The molecule has 9 heteroatoms. The maximum atomic E-state index is 9.54. The van der Waals surface area contributed by atoms with E-state index in [1.807, 2.05) is 0 Å². The van der Waals surface area contributed by atoms with E-state index in [4.69, 9.17) is 25.8 Å². The number of carboxylic acid groups (broad SMARTS) is 1. The van der Waals surface area contributed by atoms with Gasteiger partial charge in [-0.25, -0.2) is 4.79 Å². The number of ketones is 1. The fourth-order valence-electron chi connectivity index (χ4n) is 1.12. The van der Waals surface area contributed by atoms with Crippen LogP contribution in [0.4, 0.5) is 0 Å². The van der Waals surface area contributed by atoms with E-state index >= 15 is 0 Å². The number of aliphatic hydroxyl groups excluding tert-OH is 4. The summed E-state index contributed by atoms with van der Waals surface area (Å²) in [6, 6.07) is -1.04. The quantitative estimate of drug-likeness (QED) is 0.276. The Morgan fingerprint density at radius 2 is 1.67 bits per heavy atom. The third kappa shape index (κ3) is 4.64. The zero-order valence-corrected chi connectivity index (χ0v) is 9.63. The average molecular weight is 267 g/mol. The molecule has 1 heterocycles. The van der Waals surface area contributed by atoms with Gasteiger partial charge in [0.05, 0.1) is 12.6 Å². The van der Waals surface area contributed by atoms with E-state index in [9.17, 15) is 19.8 Å². The summed E-state index contributed by atoms with van der Waals surface area (Å²) in [6.45, 7) is 0.532. The van der Waals surface area contributed by atoms with Crippen LogP contribution in [0.5, 0.6) is 0 Å². The number of Topliss-reactive ketones (excluding diaryl/α,β-unsaturated/α-hetero) is 1. The summed E-state index contributed by atoms with van der Waals surface area (Å²) in [7, 11) is 0. The molecular formula is C9H17NO8. The van der Waals surface area contributed by atoms with Crippen LogP contribution >= 0.6 is 0 Å². The van der Waals surface area contributed by atoms with Crippen molar-refractivity contribution in [3.8, 4) is 0 Å². The Morgan fingerprint density at radius 3 is 2.00 bits per heavy atom. The molecule has 0 unspecified atom stereocenters. The molecule has 0 saturated carbocycles. The highest BCUT2D eigenvalue weighted by atomic mass is 16.6. The van der Waals surface area contributed by atoms with Crippen molar-refractivity contribution in [3.05, 3.63) is 0 Å². The lowest BCUT2D eigenvalue weighted by Crippen LogP contribution is -2.61. The minimum atomic E-state index is -1.38. The standard InChI is InChI=1S/C6H13NO5.C3H4O3/c7-3-5(10)4(9)2(1-8)12-6(3)11;1-2(4)3(5)6/h2-6,8-11H,1,7H2;1H3,(H,5,6)/t2-,3-,4-,5-,6-;/m1./s1. The summed E-state index contributed by atoms with van der Waals surface area (Å²) in [4.78, 5) is 18.9. The molecule has 7 N–H and O–H groups in total. The van der Waals surface area contributed by atoms with Gasteiger partial charge >= 0.3 is 5.97 Å². The van der Waals surface area contributed by atoms with Gasteiger partial charge in [-0.3, -0.25) is 4.79 Å². The highest BCUT2D eigenvalue weighted by molar-refractivity contribution is 6.31. The van der Waals surface area contributed by atoms with Gasteiger partial charge in [0, 0.05) is 6.92 Å². The molecule has 9 nitrogen and oxygen atoms in total. The minimum absolute atomic E-state index is 0.470. The van der Waals surface area contributed by atoms with Crippen LogP contribution in [-0.4, -0.2) is 74.5 Å². The molecule has 106 valence electrons. The Bertz CT molecular complexity index is 280. The van der Waals surface area contributed by atoms with Gasteiger partial charge in [-0.05, 0) is 0 Å². The summed E-state index contributed by atoms with van der Waals surface area (Å²) in [5.74, 6) is -2.20. The van der Waals surface area contributed by atoms with E-state index in [0.717, 1.165) is 6.92 Å². The predicted molar refractivity (Wildman–Crippen MR) is 56.3 cm³/mol. The number of hydrogen-bond acceptors (Lipinski definition) is 8. The van der Waals surface area contributed by atoms with Gasteiger partial charge < -0.3 is 36.0 Å². The molecule has 1 aliphatic rings. The molecule has 0 spiro atoms. The first-order valence-corrected chi connectivity index (χ1v) is 5.02. The van der Waals surface area contributed by atoms with Gasteiger partial charge in [-0.1, -0.05) is 0 Å². The van der Waals surface area contributed by atoms with E-state index in [1.165, 1.54) is 0 Å². The molecule has 1 aliphatic heterocycles. The van der Waals surface area contributed by atoms with Crippen molar-refractivity contribution in [2.24, 2.45) is 5.73 Å². The molecule has 1 fully saturated rings. The van der Waals surface area contributed by atoms with E-state index in [1.54, 1.807) is 0 Å². The highest BCUT2D eigenvalue weighted by Crippen LogP contribution is 2.17. The number of ether oxygens (including phenoxy) is 1. The molecule has 5 atom stereocenters. The summed E-state index contributed by atoms with van der Waals surface area (Å²) >= 11 is 0. The van der Waals surface area contributed by atoms with Gasteiger partial charge in [0.1, 0.15) is 18.3 Å². The van der Waals surface area contributed by atoms with Crippen LogP contribution in [0.3, 0.4) is 0 Å². The molecule has 0 aromatic carbocycles. The summed E-state index contributed by atoms with van der Waals surface area (Å²) in [6.07, 6.45) is -4.85. The van der Waals surface area contributed by atoms with E-state index in [-0.39, 0.29) is 0 Å². The first kappa shape index (κ1) is 16.9. The van der Waals surface area contributed by atoms with Crippen LogP contribution in [-0.2, 0) is 14.3 Å². The third-order valence-electron chi connectivity index (χ3n) is 2.25. The second kappa shape index (κ2) is 7.36. The van der Waals surface area contributed by atoms with Crippen LogP contribution in [0, 0.1) is 0 Å². The number of aliphatic carboxylic acids is 1. The Morgan fingerprint density at radius 1 is 1.22 bits per heavy atom. The largest absolute Gasteiger partial charge is 0.476 e. The lowest BCUT2D eigenvalue weighted by atomic mass is 9.98. The Labute approximate surface area is 102 Å². The Hall–Kier alpha value is -1.10. The molecule has 0 amide bonds. The monoisotopic (exact) mass is 267 g/mol. The van der Waals surface area contributed by atoms with Crippen molar-refractivity contribution in [2.45, 2.75) is 37.6 Å². The van der Waals surface area contributed by atoms with Gasteiger partial charge in [-0.15, -0.1) is 0 Å². The van der Waals surface area contributed by atoms with E-state index in [2.05, 4.69) is 0 Å². The van der Waals surface area contributed by atoms with Crippen molar-refractivity contribution in [1.82, 2.24) is 0 Å². The van der Waals surface area contributed by atoms with E-state index < -0.39 is 49.0 Å². The minimum Gasteiger partial charge on any atom is -0.476 e. The van der Waals surface area contributed by atoms with Crippen molar-refractivity contribution in [3.63, 3.8) is 0 Å².